The molecular formula is C17H29ClN2. The second-order valence-electron chi connectivity index (χ2n) is 5.82. The summed E-state index contributed by atoms with van der Waals surface area (Å²) >= 11 is 6.50. The van der Waals surface area contributed by atoms with Crippen LogP contribution in [0.4, 0.5) is 5.69 Å². The highest BCUT2D eigenvalue weighted by Crippen LogP contribution is 2.29. The van der Waals surface area contributed by atoms with Gasteiger partial charge in [-0.05, 0) is 50.4 Å². The van der Waals surface area contributed by atoms with Gasteiger partial charge in [-0.2, -0.15) is 0 Å². The van der Waals surface area contributed by atoms with Crippen molar-refractivity contribution < 1.29 is 0 Å². The average molecular weight is 297 g/mol. The van der Waals surface area contributed by atoms with Crippen LogP contribution in [-0.4, -0.2) is 19.6 Å². The first-order chi connectivity index (χ1) is 9.49. The zero-order valence-corrected chi connectivity index (χ0v) is 14.3. The number of hydrogen-bond donors (Lipinski definition) is 1. The molecule has 1 aromatic carbocycles. The van der Waals surface area contributed by atoms with Crippen LogP contribution in [0.5, 0.6) is 0 Å². The fourth-order valence-corrected chi connectivity index (χ4v) is 2.67. The van der Waals surface area contributed by atoms with E-state index in [4.69, 9.17) is 11.6 Å². The highest BCUT2D eigenvalue weighted by atomic mass is 35.5. The van der Waals surface area contributed by atoms with Crippen LogP contribution in [0.25, 0.3) is 0 Å². The summed E-state index contributed by atoms with van der Waals surface area (Å²) < 4.78 is 0. The maximum absolute atomic E-state index is 6.50. The standard InChI is InChI=1S/C17H29ClN2/c1-6-10-19-14(5)15-8-9-17(16(18)11-15)20(7-2)12-13(3)4/h8-9,11,13-14,19H,6-7,10,12H2,1-5H3. The smallest absolute Gasteiger partial charge is 0.0642 e. The first-order valence-electron chi connectivity index (χ1n) is 7.77. The summed E-state index contributed by atoms with van der Waals surface area (Å²) in [5, 5.41) is 4.36. The molecule has 0 amide bonds. The molecule has 0 fully saturated rings. The molecule has 1 atom stereocenters. The molecule has 0 heterocycles. The van der Waals surface area contributed by atoms with E-state index >= 15 is 0 Å². The van der Waals surface area contributed by atoms with E-state index in [2.05, 4.69) is 63.0 Å². The highest BCUT2D eigenvalue weighted by Gasteiger charge is 2.12. The zero-order valence-electron chi connectivity index (χ0n) is 13.5. The second-order valence-corrected chi connectivity index (χ2v) is 6.23. The minimum absolute atomic E-state index is 0.349. The molecule has 20 heavy (non-hydrogen) atoms. The average Bonchev–Trinajstić information content (AvgIpc) is 2.42. The van der Waals surface area contributed by atoms with Crippen molar-refractivity contribution in [3.05, 3.63) is 28.8 Å². The van der Waals surface area contributed by atoms with Crippen molar-refractivity contribution in [2.75, 3.05) is 24.5 Å². The quantitative estimate of drug-likeness (QED) is 0.735. The summed E-state index contributed by atoms with van der Waals surface area (Å²) in [6.45, 7) is 14.1. The lowest BCUT2D eigenvalue weighted by molar-refractivity contribution is 0.570. The van der Waals surface area contributed by atoms with Crippen molar-refractivity contribution in [2.24, 2.45) is 5.92 Å². The number of nitrogens with one attached hydrogen (secondary N) is 1. The van der Waals surface area contributed by atoms with Gasteiger partial charge in [0.2, 0.25) is 0 Å². The molecule has 0 spiro atoms. The zero-order chi connectivity index (χ0) is 15.1. The topological polar surface area (TPSA) is 15.3 Å². The molecule has 0 aromatic heterocycles. The van der Waals surface area contributed by atoms with Crippen LogP contribution >= 0.6 is 11.6 Å². The first-order valence-corrected chi connectivity index (χ1v) is 8.15. The molecule has 114 valence electrons. The molecule has 1 unspecified atom stereocenters. The Labute approximate surface area is 129 Å². The van der Waals surface area contributed by atoms with Crippen LogP contribution in [0, 0.1) is 5.92 Å². The van der Waals surface area contributed by atoms with Gasteiger partial charge in [0.25, 0.3) is 0 Å². The van der Waals surface area contributed by atoms with E-state index in [1.54, 1.807) is 0 Å². The Morgan fingerprint density at radius 2 is 1.90 bits per heavy atom. The van der Waals surface area contributed by atoms with Gasteiger partial charge in [0, 0.05) is 19.1 Å². The highest BCUT2D eigenvalue weighted by molar-refractivity contribution is 6.33. The molecular weight excluding hydrogens is 268 g/mol. The molecule has 0 saturated heterocycles. The van der Waals surface area contributed by atoms with Crippen molar-refractivity contribution in [1.29, 1.82) is 0 Å². The van der Waals surface area contributed by atoms with Crippen LogP contribution in [0.15, 0.2) is 18.2 Å². The fraction of sp³-hybridized carbons (Fsp3) is 0.647. The lowest BCUT2D eigenvalue weighted by atomic mass is 10.1. The number of nitrogens with zero attached hydrogens (tertiary/aromatic N) is 1. The summed E-state index contributed by atoms with van der Waals surface area (Å²) in [5.74, 6) is 0.635. The van der Waals surface area contributed by atoms with Gasteiger partial charge in [-0.3, -0.25) is 0 Å². The minimum Gasteiger partial charge on any atom is -0.370 e. The van der Waals surface area contributed by atoms with Crippen molar-refractivity contribution in [3.8, 4) is 0 Å². The second kappa shape index (κ2) is 8.53. The van der Waals surface area contributed by atoms with Gasteiger partial charge < -0.3 is 10.2 Å². The third-order valence-electron chi connectivity index (χ3n) is 3.48. The van der Waals surface area contributed by atoms with Gasteiger partial charge in [0.1, 0.15) is 0 Å². The van der Waals surface area contributed by atoms with Crippen LogP contribution in [0.1, 0.15) is 52.6 Å². The molecule has 0 aliphatic rings. The van der Waals surface area contributed by atoms with Gasteiger partial charge in [0.05, 0.1) is 10.7 Å². The van der Waals surface area contributed by atoms with E-state index in [1.165, 1.54) is 5.56 Å². The predicted molar refractivity (Wildman–Crippen MR) is 90.9 cm³/mol. The monoisotopic (exact) mass is 296 g/mol. The molecule has 1 aromatic rings. The van der Waals surface area contributed by atoms with Crippen LogP contribution in [0.3, 0.4) is 0 Å². The van der Waals surface area contributed by atoms with Crippen LogP contribution < -0.4 is 10.2 Å². The molecule has 0 aliphatic heterocycles. The van der Waals surface area contributed by atoms with E-state index in [0.717, 1.165) is 36.8 Å². The van der Waals surface area contributed by atoms with Crippen LogP contribution in [-0.2, 0) is 0 Å². The van der Waals surface area contributed by atoms with Gasteiger partial charge in [-0.15, -0.1) is 0 Å². The molecule has 3 heteroatoms. The molecule has 1 N–H and O–H groups in total. The molecule has 0 saturated carbocycles. The van der Waals surface area contributed by atoms with E-state index in [0.29, 0.717) is 12.0 Å². The predicted octanol–water partition coefficient (Wildman–Crippen LogP) is 4.88. The summed E-state index contributed by atoms with van der Waals surface area (Å²) in [6, 6.07) is 6.81. The third-order valence-corrected chi connectivity index (χ3v) is 3.78. The summed E-state index contributed by atoms with van der Waals surface area (Å²) in [4.78, 5) is 2.35. The Morgan fingerprint density at radius 3 is 2.40 bits per heavy atom. The van der Waals surface area contributed by atoms with Crippen molar-refractivity contribution >= 4 is 17.3 Å². The molecule has 1 rings (SSSR count). The van der Waals surface area contributed by atoms with Crippen LogP contribution in [0.2, 0.25) is 5.02 Å². The molecule has 0 radical (unpaired) electrons. The first kappa shape index (κ1) is 17.3. The lowest BCUT2D eigenvalue weighted by Crippen LogP contribution is -2.27. The Hall–Kier alpha value is -0.730. The number of rotatable bonds is 8. The summed E-state index contributed by atoms with van der Waals surface area (Å²) in [5.41, 5.74) is 2.40. The van der Waals surface area contributed by atoms with Crippen molar-refractivity contribution in [2.45, 2.75) is 47.1 Å². The Morgan fingerprint density at radius 1 is 1.20 bits per heavy atom. The fourth-order valence-electron chi connectivity index (χ4n) is 2.37. The van der Waals surface area contributed by atoms with Gasteiger partial charge in [-0.25, -0.2) is 0 Å². The summed E-state index contributed by atoms with van der Waals surface area (Å²) in [7, 11) is 0. The minimum atomic E-state index is 0.349. The number of anilines is 1. The molecule has 0 aliphatic carbocycles. The van der Waals surface area contributed by atoms with Gasteiger partial charge in [0.15, 0.2) is 0 Å². The molecule has 0 bridgehead atoms. The normalized spacial score (nSPS) is 12.8. The third kappa shape index (κ3) is 4.99. The van der Waals surface area contributed by atoms with Gasteiger partial charge in [-0.1, -0.05) is 38.4 Å². The van der Waals surface area contributed by atoms with Crippen molar-refractivity contribution in [3.63, 3.8) is 0 Å². The van der Waals surface area contributed by atoms with E-state index in [1.807, 2.05) is 0 Å². The maximum atomic E-state index is 6.50. The number of hydrogen-bond acceptors (Lipinski definition) is 2. The van der Waals surface area contributed by atoms with E-state index < -0.39 is 0 Å². The number of benzene rings is 1. The number of halogens is 1. The Bertz CT molecular complexity index is 404. The van der Waals surface area contributed by atoms with E-state index in [-0.39, 0.29) is 0 Å². The van der Waals surface area contributed by atoms with Gasteiger partial charge >= 0.3 is 0 Å². The largest absolute Gasteiger partial charge is 0.370 e. The molecule has 2 nitrogen and oxygen atoms in total. The lowest BCUT2D eigenvalue weighted by Gasteiger charge is -2.27. The summed E-state index contributed by atoms with van der Waals surface area (Å²) in [6.07, 6.45) is 1.15. The van der Waals surface area contributed by atoms with E-state index in [9.17, 15) is 0 Å². The van der Waals surface area contributed by atoms with Crippen molar-refractivity contribution in [1.82, 2.24) is 5.32 Å². The SMILES string of the molecule is CCCNC(C)c1ccc(N(CC)CC(C)C)c(Cl)c1. The Kier molecular flexibility index (Phi) is 7.39. The Balaban J connectivity index is 2.86. The maximum Gasteiger partial charge on any atom is 0.0642 e.